The van der Waals surface area contributed by atoms with Crippen molar-refractivity contribution < 1.29 is 0 Å². The minimum absolute atomic E-state index is 0.107. The van der Waals surface area contributed by atoms with E-state index in [0.29, 0.717) is 10.5 Å². The minimum atomic E-state index is -0.107. The summed E-state index contributed by atoms with van der Waals surface area (Å²) in [5.74, 6) is 0.783. The normalized spacial score (nSPS) is 23.6. The van der Waals surface area contributed by atoms with Gasteiger partial charge in [0.15, 0.2) is 5.82 Å². The molecular formula is C13H19BrN4O. The number of aromatic amines is 1. The Hall–Kier alpha value is -0.880. The topological polar surface area (TPSA) is 61.0 Å². The Labute approximate surface area is 120 Å². The van der Waals surface area contributed by atoms with Crippen molar-refractivity contribution in [3.05, 3.63) is 21.2 Å². The first-order valence-corrected chi connectivity index (χ1v) is 7.78. The molecule has 1 aromatic rings. The summed E-state index contributed by atoms with van der Waals surface area (Å²) in [6, 6.07) is 1.17. The molecule has 0 aromatic carbocycles. The number of H-pyrrole nitrogens is 1. The number of aromatic nitrogens is 2. The molecule has 1 aromatic heterocycles. The smallest absolute Gasteiger partial charge is 0.267 e. The number of hydrogen-bond acceptors (Lipinski definition) is 4. The van der Waals surface area contributed by atoms with Gasteiger partial charge in [0, 0.05) is 25.2 Å². The second-order valence-corrected chi connectivity index (χ2v) is 6.19. The van der Waals surface area contributed by atoms with E-state index in [1.807, 2.05) is 0 Å². The summed E-state index contributed by atoms with van der Waals surface area (Å²) in [6.07, 6.45) is 7.69. The van der Waals surface area contributed by atoms with Crippen molar-refractivity contribution in [1.82, 2.24) is 15.3 Å². The molecule has 1 saturated carbocycles. The van der Waals surface area contributed by atoms with Crippen LogP contribution in [0.25, 0.3) is 0 Å². The summed E-state index contributed by atoms with van der Waals surface area (Å²) in [6.45, 7) is 1.97. The molecule has 2 N–H and O–H groups in total. The van der Waals surface area contributed by atoms with E-state index >= 15 is 0 Å². The van der Waals surface area contributed by atoms with Crippen molar-refractivity contribution in [3.8, 4) is 0 Å². The zero-order valence-electron chi connectivity index (χ0n) is 10.9. The second kappa shape index (κ2) is 5.63. The molecule has 1 unspecified atom stereocenters. The Bertz CT molecular complexity index is 500. The maximum Gasteiger partial charge on any atom is 0.267 e. The monoisotopic (exact) mass is 326 g/mol. The fraction of sp³-hybridized carbons (Fsp3) is 0.692. The van der Waals surface area contributed by atoms with Gasteiger partial charge in [-0.1, -0.05) is 0 Å². The van der Waals surface area contributed by atoms with Crippen molar-refractivity contribution in [3.63, 3.8) is 0 Å². The van der Waals surface area contributed by atoms with Crippen LogP contribution in [0.15, 0.2) is 15.6 Å². The van der Waals surface area contributed by atoms with E-state index in [4.69, 9.17) is 0 Å². The molecule has 1 saturated heterocycles. The van der Waals surface area contributed by atoms with E-state index in [2.05, 4.69) is 36.1 Å². The van der Waals surface area contributed by atoms with Gasteiger partial charge >= 0.3 is 0 Å². The predicted octanol–water partition coefficient (Wildman–Crippen LogP) is 1.64. The summed E-state index contributed by atoms with van der Waals surface area (Å²) < 4.78 is 0.549. The summed E-state index contributed by atoms with van der Waals surface area (Å²) in [7, 11) is 0. The molecule has 2 fully saturated rings. The molecule has 104 valence electrons. The molecule has 6 heteroatoms. The van der Waals surface area contributed by atoms with Crippen molar-refractivity contribution >= 4 is 21.7 Å². The van der Waals surface area contributed by atoms with Gasteiger partial charge in [-0.25, -0.2) is 4.98 Å². The van der Waals surface area contributed by atoms with Crippen molar-refractivity contribution in [2.75, 3.05) is 18.0 Å². The maximum atomic E-state index is 11.7. The van der Waals surface area contributed by atoms with Crippen LogP contribution in [-0.4, -0.2) is 35.1 Å². The van der Waals surface area contributed by atoms with E-state index in [0.717, 1.165) is 24.9 Å². The number of nitrogens with zero attached hydrogens (tertiary/aromatic N) is 2. The average molecular weight is 327 g/mol. The first-order chi connectivity index (χ1) is 9.25. The number of nitrogens with one attached hydrogen (secondary N) is 2. The van der Waals surface area contributed by atoms with Gasteiger partial charge < -0.3 is 15.2 Å². The standard InChI is InChI=1S/C13H19BrN4O/c14-11-12(16-8-17-13(11)19)18-6-2-1-3-10(18)7-15-9-4-5-9/h8-10,15H,1-7H2,(H,16,17,19). The average Bonchev–Trinajstić information content (AvgIpc) is 3.24. The Kier molecular flexibility index (Phi) is 3.88. The Morgan fingerprint density at radius 2 is 2.26 bits per heavy atom. The summed E-state index contributed by atoms with van der Waals surface area (Å²) in [5, 5.41) is 3.59. The maximum absolute atomic E-state index is 11.7. The number of piperidine rings is 1. The van der Waals surface area contributed by atoms with E-state index < -0.39 is 0 Å². The fourth-order valence-electron chi connectivity index (χ4n) is 2.66. The zero-order chi connectivity index (χ0) is 13.2. The predicted molar refractivity (Wildman–Crippen MR) is 78.6 cm³/mol. The second-order valence-electron chi connectivity index (χ2n) is 5.39. The number of rotatable bonds is 4. The molecule has 2 aliphatic rings. The van der Waals surface area contributed by atoms with Gasteiger partial charge in [-0.2, -0.15) is 0 Å². The van der Waals surface area contributed by atoms with Crippen molar-refractivity contribution in [2.24, 2.45) is 0 Å². The SMILES string of the molecule is O=c1[nH]cnc(N2CCCCC2CNC2CC2)c1Br. The molecule has 2 heterocycles. The summed E-state index contributed by atoms with van der Waals surface area (Å²) in [4.78, 5) is 20.9. The van der Waals surface area contributed by atoms with Crippen molar-refractivity contribution in [1.29, 1.82) is 0 Å². The van der Waals surface area contributed by atoms with Gasteiger partial charge in [0.05, 0.1) is 6.33 Å². The van der Waals surface area contributed by atoms with Gasteiger partial charge in [-0.15, -0.1) is 0 Å². The molecule has 0 amide bonds. The summed E-state index contributed by atoms with van der Waals surface area (Å²) >= 11 is 3.37. The van der Waals surface area contributed by atoms with Crippen molar-refractivity contribution in [2.45, 2.75) is 44.2 Å². The first-order valence-electron chi connectivity index (χ1n) is 6.99. The van der Waals surface area contributed by atoms with Crippen LogP contribution >= 0.6 is 15.9 Å². The number of hydrogen-bond donors (Lipinski definition) is 2. The zero-order valence-corrected chi connectivity index (χ0v) is 12.4. The third kappa shape index (κ3) is 3.00. The molecule has 19 heavy (non-hydrogen) atoms. The lowest BCUT2D eigenvalue weighted by molar-refractivity contribution is 0.431. The van der Waals surface area contributed by atoms with E-state index in [1.54, 1.807) is 0 Å². The highest BCUT2D eigenvalue weighted by atomic mass is 79.9. The molecule has 5 nitrogen and oxygen atoms in total. The number of anilines is 1. The Morgan fingerprint density at radius 3 is 3.05 bits per heavy atom. The highest BCUT2D eigenvalue weighted by molar-refractivity contribution is 9.10. The van der Waals surface area contributed by atoms with Crippen LogP contribution in [0.3, 0.4) is 0 Å². The highest BCUT2D eigenvalue weighted by Gasteiger charge is 2.28. The Morgan fingerprint density at radius 1 is 1.42 bits per heavy atom. The van der Waals surface area contributed by atoms with Gasteiger partial charge in [0.2, 0.25) is 0 Å². The quantitative estimate of drug-likeness (QED) is 0.883. The molecule has 1 aliphatic heterocycles. The molecule has 1 aliphatic carbocycles. The molecular weight excluding hydrogens is 308 g/mol. The van der Waals surface area contributed by atoms with Crippen LogP contribution in [0, 0.1) is 0 Å². The van der Waals surface area contributed by atoms with Gasteiger partial charge in [0.1, 0.15) is 4.47 Å². The highest BCUT2D eigenvalue weighted by Crippen LogP contribution is 2.27. The van der Waals surface area contributed by atoms with Crippen LogP contribution in [0.4, 0.5) is 5.82 Å². The van der Waals surface area contributed by atoms with E-state index in [9.17, 15) is 4.79 Å². The lowest BCUT2D eigenvalue weighted by atomic mass is 10.0. The first kappa shape index (κ1) is 13.1. The lowest BCUT2D eigenvalue weighted by Gasteiger charge is -2.37. The minimum Gasteiger partial charge on any atom is -0.351 e. The van der Waals surface area contributed by atoms with Gasteiger partial charge in [-0.05, 0) is 48.0 Å². The molecule has 0 bridgehead atoms. The van der Waals surface area contributed by atoms with Crippen LogP contribution in [0.1, 0.15) is 32.1 Å². The largest absolute Gasteiger partial charge is 0.351 e. The van der Waals surface area contributed by atoms with Gasteiger partial charge in [-0.3, -0.25) is 4.79 Å². The van der Waals surface area contributed by atoms with Crippen LogP contribution < -0.4 is 15.8 Å². The van der Waals surface area contributed by atoms with Gasteiger partial charge in [0.25, 0.3) is 5.56 Å². The lowest BCUT2D eigenvalue weighted by Crippen LogP contribution is -2.47. The van der Waals surface area contributed by atoms with Crippen LogP contribution in [0.2, 0.25) is 0 Å². The summed E-state index contributed by atoms with van der Waals surface area (Å²) in [5.41, 5.74) is -0.107. The fourth-order valence-corrected chi connectivity index (χ4v) is 3.10. The van der Waals surface area contributed by atoms with E-state index in [1.165, 1.54) is 38.4 Å². The Balaban J connectivity index is 1.78. The molecule has 1 atom stereocenters. The molecule has 3 rings (SSSR count). The molecule has 0 radical (unpaired) electrons. The van der Waals surface area contributed by atoms with Crippen LogP contribution in [-0.2, 0) is 0 Å². The third-order valence-corrected chi connectivity index (χ3v) is 4.61. The van der Waals surface area contributed by atoms with Crippen LogP contribution in [0.5, 0.6) is 0 Å². The number of halogens is 1. The molecule has 0 spiro atoms. The third-order valence-electron chi connectivity index (χ3n) is 3.90. The van der Waals surface area contributed by atoms with E-state index in [-0.39, 0.29) is 5.56 Å².